The van der Waals surface area contributed by atoms with Crippen molar-refractivity contribution in [1.29, 1.82) is 0 Å². The van der Waals surface area contributed by atoms with E-state index in [0.29, 0.717) is 22.9 Å². The van der Waals surface area contributed by atoms with E-state index < -0.39 is 0 Å². The van der Waals surface area contributed by atoms with Crippen LogP contribution < -0.4 is 5.56 Å². The molecule has 122 valence electrons. The minimum absolute atomic E-state index is 0.181. The number of ether oxygens (including phenoxy) is 1. The van der Waals surface area contributed by atoms with Gasteiger partial charge in [0.1, 0.15) is 11.7 Å². The molecule has 0 saturated carbocycles. The molecular weight excluding hydrogens is 318 g/mol. The molecule has 0 radical (unpaired) electrons. The molecule has 0 amide bonds. The highest BCUT2D eigenvalue weighted by Gasteiger charge is 2.29. The fourth-order valence-electron chi connectivity index (χ4n) is 3.00. The Bertz CT molecular complexity index is 790. The summed E-state index contributed by atoms with van der Waals surface area (Å²) in [4.78, 5) is 30.7. The lowest BCUT2D eigenvalue weighted by Gasteiger charge is -2.33. The molecule has 1 fully saturated rings. The summed E-state index contributed by atoms with van der Waals surface area (Å²) in [6.07, 6.45) is 4.35. The number of carbonyl (C=O) groups excluding carboxylic acids is 1. The summed E-state index contributed by atoms with van der Waals surface area (Å²) in [7, 11) is 1.40. The monoisotopic (exact) mass is 335 g/mol. The first-order chi connectivity index (χ1) is 11.1. The molecule has 0 unspecified atom stereocenters. The molecule has 1 aliphatic heterocycles. The van der Waals surface area contributed by atoms with Crippen LogP contribution in [0.3, 0.4) is 0 Å². The third-order valence-corrected chi connectivity index (χ3v) is 4.35. The number of halogens is 1. The van der Waals surface area contributed by atoms with Gasteiger partial charge in [0.05, 0.1) is 17.8 Å². The molecule has 3 rings (SSSR count). The zero-order chi connectivity index (χ0) is 16.4. The molecule has 0 bridgehead atoms. The number of nitrogens with zero attached hydrogens (tertiary/aromatic N) is 3. The number of esters is 1. The minimum Gasteiger partial charge on any atom is -0.468 e. The maximum absolute atomic E-state index is 12.2. The van der Waals surface area contributed by atoms with Gasteiger partial charge in [0.15, 0.2) is 0 Å². The summed E-state index contributed by atoms with van der Waals surface area (Å²) in [5.74, 6) is -0.228. The minimum atomic E-state index is -0.265. The van der Waals surface area contributed by atoms with Crippen molar-refractivity contribution in [3.63, 3.8) is 0 Å². The molecule has 1 atom stereocenters. The largest absolute Gasteiger partial charge is 0.468 e. The molecule has 6 nitrogen and oxygen atoms in total. The van der Waals surface area contributed by atoms with Crippen LogP contribution in [0.4, 0.5) is 0 Å². The zero-order valence-electron chi connectivity index (χ0n) is 12.9. The lowest BCUT2D eigenvalue weighted by atomic mass is 10.0. The summed E-state index contributed by atoms with van der Waals surface area (Å²) in [5.41, 5.74) is 1.01. The van der Waals surface area contributed by atoms with Crippen molar-refractivity contribution in [2.45, 2.75) is 31.8 Å². The van der Waals surface area contributed by atoms with Gasteiger partial charge in [-0.25, -0.2) is 4.98 Å². The highest BCUT2D eigenvalue weighted by atomic mass is 35.5. The molecule has 0 spiro atoms. The van der Waals surface area contributed by atoms with Crippen LogP contribution in [0.15, 0.2) is 29.2 Å². The Hall–Kier alpha value is -1.92. The van der Waals surface area contributed by atoms with Gasteiger partial charge in [-0.1, -0.05) is 18.0 Å². The Morgan fingerprint density at radius 1 is 1.43 bits per heavy atom. The van der Waals surface area contributed by atoms with E-state index in [-0.39, 0.29) is 17.6 Å². The number of pyridine rings is 1. The van der Waals surface area contributed by atoms with Crippen LogP contribution in [-0.4, -0.2) is 40.0 Å². The number of likely N-dealkylation sites (tertiary alicyclic amines) is 1. The zero-order valence-corrected chi connectivity index (χ0v) is 13.6. The van der Waals surface area contributed by atoms with Crippen molar-refractivity contribution in [1.82, 2.24) is 14.3 Å². The van der Waals surface area contributed by atoms with E-state index >= 15 is 0 Å². The molecule has 0 N–H and O–H groups in total. The van der Waals surface area contributed by atoms with Crippen molar-refractivity contribution in [3.05, 3.63) is 45.5 Å². The van der Waals surface area contributed by atoms with E-state index in [1.54, 1.807) is 18.3 Å². The number of hydrogen-bond donors (Lipinski definition) is 0. The van der Waals surface area contributed by atoms with Gasteiger partial charge in [-0.2, -0.15) is 0 Å². The van der Waals surface area contributed by atoms with Crippen molar-refractivity contribution < 1.29 is 9.53 Å². The molecule has 1 aliphatic rings. The third kappa shape index (κ3) is 3.38. The van der Waals surface area contributed by atoms with Gasteiger partial charge in [0.2, 0.25) is 0 Å². The van der Waals surface area contributed by atoms with Crippen LogP contribution in [0.5, 0.6) is 0 Å². The van der Waals surface area contributed by atoms with Crippen LogP contribution in [0.2, 0.25) is 5.02 Å². The average molecular weight is 336 g/mol. The van der Waals surface area contributed by atoms with Crippen molar-refractivity contribution in [3.8, 4) is 0 Å². The number of methoxy groups -OCH3 is 1. The third-order valence-electron chi connectivity index (χ3n) is 4.13. The summed E-state index contributed by atoms with van der Waals surface area (Å²) in [5, 5.41) is 0.482. The van der Waals surface area contributed by atoms with Crippen molar-refractivity contribution in [2.24, 2.45) is 0 Å². The Labute approximate surface area is 138 Å². The number of fused-ring (bicyclic) bond motifs is 1. The second-order valence-electron chi connectivity index (χ2n) is 5.67. The normalized spacial score (nSPS) is 19.0. The van der Waals surface area contributed by atoms with Gasteiger partial charge >= 0.3 is 5.97 Å². The fourth-order valence-corrected chi connectivity index (χ4v) is 3.16. The van der Waals surface area contributed by atoms with Gasteiger partial charge in [0.25, 0.3) is 5.56 Å². The molecule has 23 heavy (non-hydrogen) atoms. The van der Waals surface area contributed by atoms with Gasteiger partial charge in [-0.15, -0.1) is 0 Å². The Morgan fingerprint density at radius 2 is 2.26 bits per heavy atom. The predicted octanol–water partition coefficient (Wildman–Crippen LogP) is 1.88. The number of carbonyl (C=O) groups is 1. The van der Waals surface area contributed by atoms with E-state index in [1.807, 2.05) is 4.90 Å². The average Bonchev–Trinajstić information content (AvgIpc) is 2.55. The number of aromatic nitrogens is 2. The van der Waals surface area contributed by atoms with Crippen LogP contribution in [0.25, 0.3) is 5.65 Å². The summed E-state index contributed by atoms with van der Waals surface area (Å²) >= 11 is 5.91. The van der Waals surface area contributed by atoms with Crippen LogP contribution in [-0.2, 0) is 16.1 Å². The van der Waals surface area contributed by atoms with E-state index in [0.717, 1.165) is 25.8 Å². The quantitative estimate of drug-likeness (QED) is 0.801. The fraction of sp³-hybridized carbons (Fsp3) is 0.438. The van der Waals surface area contributed by atoms with E-state index in [1.165, 1.54) is 17.6 Å². The predicted molar refractivity (Wildman–Crippen MR) is 86.5 cm³/mol. The van der Waals surface area contributed by atoms with Gasteiger partial charge in [-0.05, 0) is 31.5 Å². The standard InChI is InChI=1S/C16H18ClN3O3/c1-23-16(22)13-4-2-3-7-19(13)10-12-8-15(21)20-9-11(17)5-6-14(20)18-12/h5-6,8-9,13H,2-4,7,10H2,1H3/t13-/m0/s1. The van der Waals surface area contributed by atoms with E-state index in [2.05, 4.69) is 4.98 Å². The van der Waals surface area contributed by atoms with Gasteiger partial charge in [-0.3, -0.25) is 18.9 Å². The lowest BCUT2D eigenvalue weighted by molar-refractivity contribution is -0.148. The highest BCUT2D eigenvalue weighted by Crippen LogP contribution is 2.20. The molecule has 0 aromatic carbocycles. The van der Waals surface area contributed by atoms with Crippen molar-refractivity contribution in [2.75, 3.05) is 13.7 Å². The summed E-state index contributed by atoms with van der Waals surface area (Å²) in [6.45, 7) is 1.25. The Kier molecular flexibility index (Phi) is 4.63. The highest BCUT2D eigenvalue weighted by molar-refractivity contribution is 6.30. The summed E-state index contributed by atoms with van der Waals surface area (Å²) in [6, 6.07) is 4.64. The molecule has 0 aliphatic carbocycles. The Balaban J connectivity index is 1.89. The van der Waals surface area contributed by atoms with Crippen LogP contribution in [0, 0.1) is 0 Å². The Morgan fingerprint density at radius 3 is 3.04 bits per heavy atom. The SMILES string of the molecule is COC(=O)[C@@H]1CCCCN1Cc1cc(=O)n2cc(Cl)ccc2n1. The first-order valence-corrected chi connectivity index (χ1v) is 7.96. The second-order valence-corrected chi connectivity index (χ2v) is 6.10. The molecular formula is C16H18ClN3O3. The van der Waals surface area contributed by atoms with E-state index in [9.17, 15) is 9.59 Å². The van der Waals surface area contributed by atoms with Gasteiger partial charge < -0.3 is 4.74 Å². The maximum Gasteiger partial charge on any atom is 0.323 e. The summed E-state index contributed by atoms with van der Waals surface area (Å²) < 4.78 is 6.30. The number of hydrogen-bond acceptors (Lipinski definition) is 5. The first kappa shape index (κ1) is 16.0. The van der Waals surface area contributed by atoms with E-state index in [4.69, 9.17) is 16.3 Å². The smallest absolute Gasteiger partial charge is 0.323 e. The molecule has 2 aromatic heterocycles. The van der Waals surface area contributed by atoms with Crippen molar-refractivity contribution >= 4 is 23.2 Å². The molecule has 2 aromatic rings. The van der Waals surface area contributed by atoms with Crippen LogP contribution in [0.1, 0.15) is 25.0 Å². The molecule has 7 heteroatoms. The second kappa shape index (κ2) is 6.68. The van der Waals surface area contributed by atoms with Crippen LogP contribution >= 0.6 is 11.6 Å². The van der Waals surface area contributed by atoms with Gasteiger partial charge in [0, 0.05) is 18.8 Å². The first-order valence-electron chi connectivity index (χ1n) is 7.58. The lowest BCUT2D eigenvalue weighted by Crippen LogP contribution is -2.44. The maximum atomic E-state index is 12.2. The molecule has 3 heterocycles. The topological polar surface area (TPSA) is 63.9 Å². The number of piperidine rings is 1. The molecule has 1 saturated heterocycles. The number of rotatable bonds is 3.